The molecule has 2 aromatic heterocycles. The number of H-pyrrole nitrogens is 1. The van der Waals surface area contributed by atoms with E-state index in [0.717, 1.165) is 28.3 Å². The SMILES string of the molecule is COc1ccc2nc(-c3ccn(C)n3)[nH]c2c1. The third kappa shape index (κ3) is 1.65. The van der Waals surface area contributed by atoms with Crippen LogP contribution in [0.3, 0.4) is 0 Å². The highest BCUT2D eigenvalue weighted by Crippen LogP contribution is 2.22. The van der Waals surface area contributed by atoms with Crippen molar-refractivity contribution in [3.63, 3.8) is 0 Å². The predicted octanol–water partition coefficient (Wildman–Crippen LogP) is 1.97. The van der Waals surface area contributed by atoms with Crippen molar-refractivity contribution in [1.29, 1.82) is 0 Å². The fraction of sp³-hybridized carbons (Fsp3) is 0.167. The first-order chi connectivity index (χ1) is 8.26. The summed E-state index contributed by atoms with van der Waals surface area (Å²) in [6, 6.07) is 7.67. The van der Waals surface area contributed by atoms with Crippen LogP contribution in [0.2, 0.25) is 0 Å². The molecule has 0 saturated carbocycles. The molecule has 0 saturated heterocycles. The Kier molecular flexibility index (Phi) is 2.11. The van der Waals surface area contributed by atoms with Crippen molar-refractivity contribution < 1.29 is 4.74 Å². The standard InChI is InChI=1S/C12H12N4O/c1-16-6-5-10(15-16)12-13-9-4-3-8(17-2)7-11(9)14-12/h3-7H,1-2H3,(H,13,14). The van der Waals surface area contributed by atoms with Gasteiger partial charge in [0.05, 0.1) is 18.1 Å². The number of rotatable bonds is 2. The number of fused-ring (bicyclic) bond motifs is 1. The van der Waals surface area contributed by atoms with Gasteiger partial charge in [-0.2, -0.15) is 5.10 Å². The lowest BCUT2D eigenvalue weighted by Crippen LogP contribution is -1.88. The van der Waals surface area contributed by atoms with Gasteiger partial charge in [0, 0.05) is 19.3 Å². The van der Waals surface area contributed by atoms with Gasteiger partial charge in [-0.15, -0.1) is 0 Å². The number of aromatic nitrogens is 4. The molecule has 0 aliphatic heterocycles. The lowest BCUT2D eigenvalue weighted by Gasteiger charge is -1.96. The minimum absolute atomic E-state index is 0.772. The third-order valence-corrected chi connectivity index (χ3v) is 2.65. The number of methoxy groups -OCH3 is 1. The van der Waals surface area contributed by atoms with E-state index < -0.39 is 0 Å². The Bertz CT molecular complexity index is 668. The highest BCUT2D eigenvalue weighted by atomic mass is 16.5. The van der Waals surface area contributed by atoms with Gasteiger partial charge in [-0.25, -0.2) is 4.98 Å². The van der Waals surface area contributed by atoms with Crippen LogP contribution >= 0.6 is 0 Å². The predicted molar refractivity (Wildman–Crippen MR) is 64.8 cm³/mol. The summed E-state index contributed by atoms with van der Waals surface area (Å²) in [5.41, 5.74) is 2.69. The highest BCUT2D eigenvalue weighted by Gasteiger charge is 2.08. The Hall–Kier alpha value is -2.30. The summed E-state index contributed by atoms with van der Waals surface area (Å²) in [6.07, 6.45) is 1.89. The largest absolute Gasteiger partial charge is 0.497 e. The van der Waals surface area contributed by atoms with Crippen molar-refractivity contribution in [3.8, 4) is 17.3 Å². The maximum Gasteiger partial charge on any atom is 0.159 e. The molecule has 3 aromatic rings. The van der Waals surface area contributed by atoms with Crippen molar-refractivity contribution in [2.75, 3.05) is 7.11 Å². The second-order valence-electron chi connectivity index (χ2n) is 3.84. The van der Waals surface area contributed by atoms with Crippen molar-refractivity contribution in [3.05, 3.63) is 30.5 Å². The van der Waals surface area contributed by atoms with Crippen LogP contribution in [0, 0.1) is 0 Å². The molecule has 2 heterocycles. The van der Waals surface area contributed by atoms with E-state index in [4.69, 9.17) is 4.74 Å². The van der Waals surface area contributed by atoms with Crippen LogP contribution < -0.4 is 4.74 Å². The summed E-state index contributed by atoms with van der Waals surface area (Å²) in [5.74, 6) is 1.59. The molecule has 0 aliphatic carbocycles. The third-order valence-electron chi connectivity index (χ3n) is 2.65. The summed E-state index contributed by atoms with van der Waals surface area (Å²) in [4.78, 5) is 7.72. The summed E-state index contributed by atoms with van der Waals surface area (Å²) < 4.78 is 6.93. The normalized spacial score (nSPS) is 10.9. The van der Waals surface area contributed by atoms with Crippen molar-refractivity contribution in [2.24, 2.45) is 7.05 Å². The van der Waals surface area contributed by atoms with Gasteiger partial charge in [-0.3, -0.25) is 4.68 Å². The minimum atomic E-state index is 0.772. The van der Waals surface area contributed by atoms with Crippen molar-refractivity contribution >= 4 is 11.0 Å². The number of imidazole rings is 1. The Morgan fingerprint density at radius 3 is 2.88 bits per heavy atom. The fourth-order valence-electron chi connectivity index (χ4n) is 1.78. The van der Waals surface area contributed by atoms with E-state index in [0.29, 0.717) is 0 Å². The number of aromatic amines is 1. The molecule has 0 unspecified atom stereocenters. The average molecular weight is 228 g/mol. The minimum Gasteiger partial charge on any atom is -0.497 e. The van der Waals surface area contributed by atoms with E-state index in [-0.39, 0.29) is 0 Å². The van der Waals surface area contributed by atoms with Gasteiger partial charge >= 0.3 is 0 Å². The van der Waals surface area contributed by atoms with Crippen LogP contribution in [-0.2, 0) is 7.05 Å². The molecule has 0 spiro atoms. The van der Waals surface area contributed by atoms with Gasteiger partial charge < -0.3 is 9.72 Å². The molecule has 5 heteroatoms. The zero-order valence-corrected chi connectivity index (χ0v) is 9.64. The van der Waals surface area contributed by atoms with Crippen molar-refractivity contribution in [2.45, 2.75) is 0 Å². The van der Waals surface area contributed by atoms with Crippen LogP contribution in [-0.4, -0.2) is 26.9 Å². The first kappa shape index (κ1) is 9.89. The molecule has 17 heavy (non-hydrogen) atoms. The number of nitrogens with zero attached hydrogens (tertiary/aromatic N) is 3. The van der Waals surface area contributed by atoms with Crippen LogP contribution in [0.25, 0.3) is 22.6 Å². The lowest BCUT2D eigenvalue weighted by atomic mass is 10.3. The van der Waals surface area contributed by atoms with E-state index in [2.05, 4.69) is 15.1 Å². The number of benzene rings is 1. The van der Waals surface area contributed by atoms with Gasteiger partial charge in [0.2, 0.25) is 0 Å². The quantitative estimate of drug-likeness (QED) is 0.729. The molecule has 86 valence electrons. The fourth-order valence-corrected chi connectivity index (χ4v) is 1.78. The van der Waals surface area contributed by atoms with E-state index in [9.17, 15) is 0 Å². The monoisotopic (exact) mass is 228 g/mol. The van der Waals surface area contributed by atoms with Gasteiger partial charge in [0.1, 0.15) is 11.4 Å². The Labute approximate surface area is 98.0 Å². The summed E-state index contributed by atoms with van der Waals surface area (Å²) in [7, 11) is 3.53. The second-order valence-corrected chi connectivity index (χ2v) is 3.84. The average Bonchev–Trinajstić information content (AvgIpc) is 2.93. The Morgan fingerprint density at radius 1 is 1.29 bits per heavy atom. The zero-order valence-electron chi connectivity index (χ0n) is 9.64. The maximum absolute atomic E-state index is 5.17. The van der Waals surface area contributed by atoms with E-state index >= 15 is 0 Å². The molecule has 1 N–H and O–H groups in total. The van der Waals surface area contributed by atoms with Gasteiger partial charge in [-0.05, 0) is 18.2 Å². The van der Waals surface area contributed by atoms with E-state index in [1.165, 1.54) is 0 Å². The second kappa shape index (κ2) is 3.62. The summed E-state index contributed by atoms with van der Waals surface area (Å²) in [6.45, 7) is 0. The molecule has 0 bridgehead atoms. The molecule has 3 rings (SSSR count). The molecular formula is C12H12N4O. The number of aryl methyl sites for hydroxylation is 1. The molecule has 5 nitrogen and oxygen atoms in total. The molecule has 0 atom stereocenters. The van der Waals surface area contributed by atoms with E-state index in [1.54, 1.807) is 11.8 Å². The smallest absolute Gasteiger partial charge is 0.159 e. The van der Waals surface area contributed by atoms with Crippen LogP contribution in [0.4, 0.5) is 0 Å². The van der Waals surface area contributed by atoms with Gasteiger partial charge in [0.15, 0.2) is 5.82 Å². The zero-order chi connectivity index (χ0) is 11.8. The van der Waals surface area contributed by atoms with Crippen LogP contribution in [0.15, 0.2) is 30.5 Å². The Morgan fingerprint density at radius 2 is 2.18 bits per heavy atom. The number of nitrogens with one attached hydrogen (secondary N) is 1. The van der Waals surface area contributed by atoms with E-state index in [1.807, 2.05) is 37.5 Å². The summed E-state index contributed by atoms with van der Waals surface area (Å²) in [5, 5.41) is 4.31. The number of ether oxygens (including phenoxy) is 1. The number of hydrogen-bond donors (Lipinski definition) is 1. The molecular weight excluding hydrogens is 216 g/mol. The molecule has 0 fully saturated rings. The first-order valence-electron chi connectivity index (χ1n) is 5.30. The molecule has 0 aliphatic rings. The highest BCUT2D eigenvalue weighted by molar-refractivity contribution is 5.80. The molecule has 0 radical (unpaired) electrons. The van der Waals surface area contributed by atoms with Crippen LogP contribution in [0.1, 0.15) is 0 Å². The van der Waals surface area contributed by atoms with Crippen LogP contribution in [0.5, 0.6) is 5.75 Å². The first-order valence-corrected chi connectivity index (χ1v) is 5.30. The maximum atomic E-state index is 5.17. The van der Waals surface area contributed by atoms with Gasteiger partial charge in [-0.1, -0.05) is 0 Å². The topological polar surface area (TPSA) is 55.7 Å². The molecule has 0 amide bonds. The summed E-state index contributed by atoms with van der Waals surface area (Å²) >= 11 is 0. The lowest BCUT2D eigenvalue weighted by molar-refractivity contribution is 0.415. The van der Waals surface area contributed by atoms with Gasteiger partial charge in [0.25, 0.3) is 0 Å². The van der Waals surface area contributed by atoms with Crippen molar-refractivity contribution in [1.82, 2.24) is 19.7 Å². The molecule has 1 aromatic carbocycles. The number of hydrogen-bond acceptors (Lipinski definition) is 3. The Balaban J connectivity index is 2.13.